The Morgan fingerprint density at radius 2 is 1.89 bits per heavy atom. The molecule has 0 atom stereocenters. The molecule has 9 heteroatoms. The van der Waals surface area contributed by atoms with Gasteiger partial charge in [0.2, 0.25) is 0 Å². The zero-order valence-corrected chi connectivity index (χ0v) is 15.6. The van der Waals surface area contributed by atoms with E-state index in [2.05, 4.69) is 15.8 Å². The predicted octanol–water partition coefficient (Wildman–Crippen LogP) is 2.11. The van der Waals surface area contributed by atoms with Gasteiger partial charge in [-0.05, 0) is 42.8 Å². The van der Waals surface area contributed by atoms with Crippen LogP contribution in [0.15, 0.2) is 47.6 Å². The second-order valence-corrected chi connectivity index (χ2v) is 5.41. The molecule has 0 fully saturated rings. The second kappa shape index (κ2) is 10.4. The summed E-state index contributed by atoms with van der Waals surface area (Å²) in [6.45, 7) is 2.02. The van der Waals surface area contributed by atoms with Crippen LogP contribution in [0.3, 0.4) is 0 Å². The Hall–Kier alpha value is -3.75. The Balaban J connectivity index is 2.02. The summed E-state index contributed by atoms with van der Waals surface area (Å²) >= 11 is 0. The van der Waals surface area contributed by atoms with E-state index in [1.807, 2.05) is 13.0 Å². The molecule has 0 aliphatic rings. The topological polar surface area (TPSA) is 124 Å². The molecule has 0 unspecified atom stereocenters. The summed E-state index contributed by atoms with van der Waals surface area (Å²) in [5.74, 6) is 1.05. The van der Waals surface area contributed by atoms with Gasteiger partial charge < -0.3 is 25.3 Å². The van der Waals surface area contributed by atoms with E-state index in [1.54, 1.807) is 36.4 Å². The molecule has 0 saturated carbocycles. The molecule has 0 heterocycles. The molecule has 4 N–H and O–H groups in total. The average Bonchev–Trinajstić information content (AvgIpc) is 2.68. The lowest BCUT2D eigenvalue weighted by Gasteiger charge is -2.13. The van der Waals surface area contributed by atoms with Gasteiger partial charge in [0, 0.05) is 0 Å². The van der Waals surface area contributed by atoms with Crippen molar-refractivity contribution >= 4 is 23.8 Å². The van der Waals surface area contributed by atoms with Crippen molar-refractivity contribution in [3.8, 4) is 17.2 Å². The smallest absolute Gasteiger partial charge is 0.332 e. The molecular formula is C19H22N4O5. The summed E-state index contributed by atoms with van der Waals surface area (Å²) in [6.07, 6.45) is 1.41. The molecular weight excluding hydrogens is 364 g/mol. The molecule has 2 aromatic rings. The molecule has 0 bridgehead atoms. The Morgan fingerprint density at radius 1 is 1.11 bits per heavy atom. The molecule has 0 aromatic heterocycles. The highest BCUT2D eigenvalue weighted by molar-refractivity contribution is 5.93. The van der Waals surface area contributed by atoms with Gasteiger partial charge in [-0.3, -0.25) is 4.79 Å². The maximum Gasteiger partial charge on any atom is 0.332 e. The first-order valence-electron chi connectivity index (χ1n) is 8.44. The summed E-state index contributed by atoms with van der Waals surface area (Å²) in [6, 6.07) is 11.3. The fraction of sp³-hybridized carbons (Fsp3) is 0.211. The number of nitrogens with zero attached hydrogens (tertiary/aromatic N) is 1. The minimum absolute atomic E-state index is 0.214. The number of carbonyl (C=O) groups excluding carboxylic acids is 2. The Kier molecular flexibility index (Phi) is 7.64. The summed E-state index contributed by atoms with van der Waals surface area (Å²) in [5, 5.41) is 6.42. The van der Waals surface area contributed by atoms with E-state index in [-0.39, 0.29) is 12.5 Å². The van der Waals surface area contributed by atoms with E-state index >= 15 is 0 Å². The second-order valence-electron chi connectivity index (χ2n) is 5.41. The van der Waals surface area contributed by atoms with Gasteiger partial charge in [0.15, 0.2) is 18.1 Å². The maximum absolute atomic E-state index is 12.2. The Labute approximate surface area is 162 Å². The van der Waals surface area contributed by atoms with Crippen LogP contribution in [-0.2, 0) is 4.79 Å². The van der Waals surface area contributed by atoms with E-state index < -0.39 is 6.03 Å². The fourth-order valence-corrected chi connectivity index (χ4v) is 2.24. The molecule has 9 nitrogen and oxygen atoms in total. The van der Waals surface area contributed by atoms with E-state index in [0.29, 0.717) is 35.1 Å². The first kappa shape index (κ1) is 20.6. The SMILES string of the molecule is CCOc1cc(C=NNC(N)=O)ccc1OCC(=O)Nc1ccccc1OC. The lowest BCUT2D eigenvalue weighted by Crippen LogP contribution is -2.24. The number of nitrogens with two attached hydrogens (primary N) is 1. The molecule has 28 heavy (non-hydrogen) atoms. The fourth-order valence-electron chi connectivity index (χ4n) is 2.24. The van der Waals surface area contributed by atoms with Gasteiger partial charge in [-0.1, -0.05) is 12.1 Å². The number of methoxy groups -OCH3 is 1. The largest absolute Gasteiger partial charge is 0.495 e. The number of primary amides is 1. The minimum atomic E-state index is -0.762. The molecule has 2 aromatic carbocycles. The molecule has 2 rings (SSSR count). The van der Waals surface area contributed by atoms with E-state index in [4.69, 9.17) is 19.9 Å². The summed E-state index contributed by atoms with van der Waals surface area (Å²) in [4.78, 5) is 22.8. The molecule has 0 aliphatic carbocycles. The highest BCUT2D eigenvalue weighted by Crippen LogP contribution is 2.28. The van der Waals surface area contributed by atoms with Crippen molar-refractivity contribution in [1.82, 2.24) is 5.43 Å². The summed E-state index contributed by atoms with van der Waals surface area (Å²) in [5.41, 5.74) is 8.26. The van der Waals surface area contributed by atoms with Crippen LogP contribution in [-0.4, -0.2) is 38.5 Å². The van der Waals surface area contributed by atoms with Gasteiger partial charge in [0.1, 0.15) is 5.75 Å². The van der Waals surface area contributed by atoms with Crippen LogP contribution in [0.5, 0.6) is 17.2 Å². The number of nitrogens with one attached hydrogen (secondary N) is 2. The molecule has 0 saturated heterocycles. The predicted molar refractivity (Wildman–Crippen MR) is 105 cm³/mol. The van der Waals surface area contributed by atoms with E-state index in [1.165, 1.54) is 13.3 Å². The highest BCUT2D eigenvalue weighted by Gasteiger charge is 2.11. The number of para-hydroxylation sites is 2. The summed E-state index contributed by atoms with van der Waals surface area (Å²) < 4.78 is 16.3. The minimum Gasteiger partial charge on any atom is -0.495 e. The van der Waals surface area contributed by atoms with Crippen LogP contribution in [0, 0.1) is 0 Å². The van der Waals surface area contributed by atoms with Gasteiger partial charge in [-0.25, -0.2) is 10.2 Å². The number of hydrogen-bond acceptors (Lipinski definition) is 6. The maximum atomic E-state index is 12.2. The first-order valence-corrected chi connectivity index (χ1v) is 8.44. The number of amides is 3. The monoisotopic (exact) mass is 386 g/mol. The number of benzene rings is 2. The highest BCUT2D eigenvalue weighted by atomic mass is 16.5. The number of urea groups is 1. The number of carbonyl (C=O) groups is 2. The Morgan fingerprint density at radius 3 is 2.61 bits per heavy atom. The number of anilines is 1. The van der Waals surface area contributed by atoms with Crippen molar-refractivity contribution in [1.29, 1.82) is 0 Å². The summed E-state index contributed by atoms with van der Waals surface area (Å²) in [7, 11) is 1.53. The quantitative estimate of drug-likeness (QED) is 0.450. The number of ether oxygens (including phenoxy) is 3. The molecule has 0 radical (unpaired) electrons. The van der Waals surface area contributed by atoms with Gasteiger partial charge in [-0.2, -0.15) is 5.10 Å². The lowest BCUT2D eigenvalue weighted by molar-refractivity contribution is -0.118. The van der Waals surface area contributed by atoms with E-state index in [9.17, 15) is 9.59 Å². The molecule has 3 amide bonds. The first-order chi connectivity index (χ1) is 13.5. The van der Waals surface area contributed by atoms with Crippen molar-refractivity contribution < 1.29 is 23.8 Å². The van der Waals surface area contributed by atoms with Gasteiger partial charge in [-0.15, -0.1) is 0 Å². The molecule has 0 spiro atoms. The van der Waals surface area contributed by atoms with Gasteiger partial charge >= 0.3 is 6.03 Å². The average molecular weight is 386 g/mol. The van der Waals surface area contributed by atoms with Gasteiger partial charge in [0.25, 0.3) is 5.91 Å². The number of hydrogen-bond donors (Lipinski definition) is 3. The zero-order chi connectivity index (χ0) is 20.4. The molecule has 0 aliphatic heterocycles. The third-order valence-electron chi connectivity index (χ3n) is 3.40. The third-order valence-corrected chi connectivity index (χ3v) is 3.40. The van der Waals surface area contributed by atoms with Gasteiger partial charge in [0.05, 0.1) is 25.6 Å². The molecule has 148 valence electrons. The normalized spacial score (nSPS) is 10.4. The van der Waals surface area contributed by atoms with Crippen LogP contribution in [0.2, 0.25) is 0 Å². The van der Waals surface area contributed by atoms with Crippen LogP contribution < -0.4 is 30.7 Å². The van der Waals surface area contributed by atoms with Crippen molar-refractivity contribution in [2.75, 3.05) is 25.6 Å². The van der Waals surface area contributed by atoms with Crippen LogP contribution in [0.1, 0.15) is 12.5 Å². The van der Waals surface area contributed by atoms with E-state index in [0.717, 1.165) is 0 Å². The standard InChI is InChI=1S/C19H22N4O5/c1-3-27-17-10-13(11-21-23-19(20)25)8-9-16(17)28-12-18(24)22-14-6-4-5-7-15(14)26-2/h4-11H,3,12H2,1-2H3,(H,22,24)(H3,20,23,25). The van der Waals surface area contributed by atoms with Crippen LogP contribution in [0.4, 0.5) is 10.5 Å². The van der Waals surface area contributed by atoms with Crippen molar-refractivity contribution in [3.05, 3.63) is 48.0 Å². The lowest BCUT2D eigenvalue weighted by atomic mass is 10.2. The van der Waals surface area contributed by atoms with Crippen LogP contribution >= 0.6 is 0 Å². The van der Waals surface area contributed by atoms with Crippen molar-refractivity contribution in [2.45, 2.75) is 6.92 Å². The van der Waals surface area contributed by atoms with Crippen LogP contribution in [0.25, 0.3) is 0 Å². The number of hydrazone groups is 1. The Bertz CT molecular complexity index is 854. The van der Waals surface area contributed by atoms with Crippen molar-refractivity contribution in [3.63, 3.8) is 0 Å². The third kappa shape index (κ3) is 6.20. The zero-order valence-electron chi connectivity index (χ0n) is 15.6. The van der Waals surface area contributed by atoms with Crippen molar-refractivity contribution in [2.24, 2.45) is 10.8 Å². The number of rotatable bonds is 9.